The molecule has 3 N–H and O–H groups in total. The van der Waals surface area contributed by atoms with Gasteiger partial charge in [0.05, 0.1) is 6.61 Å². The first-order valence-corrected chi connectivity index (χ1v) is 9.39. The van der Waals surface area contributed by atoms with E-state index < -0.39 is 0 Å². The van der Waals surface area contributed by atoms with Gasteiger partial charge < -0.3 is 20.7 Å². The molecule has 6 heteroatoms. The predicted molar refractivity (Wildman–Crippen MR) is 116 cm³/mol. The minimum absolute atomic E-state index is 0.101. The largest absolute Gasteiger partial charge is 0.493 e. The van der Waals surface area contributed by atoms with Gasteiger partial charge in [-0.2, -0.15) is 0 Å². The Labute approximate surface area is 166 Å². The monoisotopic (exact) mass is 385 g/mol. The third kappa shape index (κ3) is 6.90. The molecule has 0 spiro atoms. The number of amides is 1. The van der Waals surface area contributed by atoms with Crippen molar-refractivity contribution in [1.29, 1.82) is 0 Å². The smallest absolute Gasteiger partial charge is 0.221 e. The molecule has 0 saturated heterocycles. The molecule has 0 aliphatic carbocycles. The fourth-order valence-electron chi connectivity index (χ4n) is 2.59. The van der Waals surface area contributed by atoms with Gasteiger partial charge in [0.25, 0.3) is 0 Å². The van der Waals surface area contributed by atoms with E-state index in [0.29, 0.717) is 18.3 Å². The second kappa shape index (κ2) is 9.92. The number of rotatable bonds is 7. The minimum Gasteiger partial charge on any atom is -0.493 e. The molecule has 0 radical (unpaired) electrons. The summed E-state index contributed by atoms with van der Waals surface area (Å²) in [5.41, 5.74) is 5.44. The van der Waals surface area contributed by atoms with Crippen LogP contribution in [0.4, 0.5) is 11.4 Å². The summed E-state index contributed by atoms with van der Waals surface area (Å²) < 4.78 is 5.72. The standard InChI is InChI=1S/C21H27N3O2S/c1-14-11-16(3)20(12-15(14)2)24-21(27)22-9-6-10-26-19-8-5-7-18(13-19)23-17(4)25/h5,7-8,11-13H,6,9-10H2,1-4H3,(H,23,25)(H2,22,24,27). The number of benzene rings is 2. The summed E-state index contributed by atoms with van der Waals surface area (Å²) in [5, 5.41) is 9.80. The lowest BCUT2D eigenvalue weighted by Gasteiger charge is -2.14. The van der Waals surface area contributed by atoms with E-state index in [9.17, 15) is 4.79 Å². The van der Waals surface area contributed by atoms with Gasteiger partial charge in [-0.15, -0.1) is 0 Å². The second-order valence-electron chi connectivity index (χ2n) is 6.54. The molecule has 2 aromatic carbocycles. The Balaban J connectivity index is 1.72. The summed E-state index contributed by atoms with van der Waals surface area (Å²) in [7, 11) is 0. The SMILES string of the molecule is CC(=O)Nc1cccc(OCCCNC(=S)Nc2cc(C)c(C)cc2C)c1. The van der Waals surface area contributed by atoms with Crippen LogP contribution >= 0.6 is 12.2 Å². The molecule has 0 heterocycles. The molecule has 144 valence electrons. The van der Waals surface area contributed by atoms with E-state index in [2.05, 4.69) is 48.9 Å². The molecule has 0 unspecified atom stereocenters. The Hall–Kier alpha value is -2.60. The lowest BCUT2D eigenvalue weighted by Crippen LogP contribution is -2.30. The highest BCUT2D eigenvalue weighted by atomic mass is 32.1. The number of ether oxygens (including phenoxy) is 1. The maximum absolute atomic E-state index is 11.1. The number of thiocarbonyl (C=S) groups is 1. The molecule has 0 aliphatic heterocycles. The Morgan fingerprint density at radius 2 is 1.78 bits per heavy atom. The zero-order valence-corrected chi connectivity index (χ0v) is 17.1. The normalized spacial score (nSPS) is 10.2. The van der Waals surface area contributed by atoms with Crippen molar-refractivity contribution in [2.24, 2.45) is 0 Å². The molecule has 0 fully saturated rings. The van der Waals surface area contributed by atoms with E-state index in [1.54, 1.807) is 0 Å². The van der Waals surface area contributed by atoms with E-state index in [1.807, 2.05) is 24.3 Å². The van der Waals surface area contributed by atoms with Crippen LogP contribution in [0.5, 0.6) is 5.75 Å². The summed E-state index contributed by atoms with van der Waals surface area (Å²) >= 11 is 5.37. The Morgan fingerprint density at radius 3 is 2.52 bits per heavy atom. The van der Waals surface area contributed by atoms with E-state index in [4.69, 9.17) is 17.0 Å². The zero-order valence-electron chi connectivity index (χ0n) is 16.3. The van der Waals surface area contributed by atoms with E-state index in [1.165, 1.54) is 23.6 Å². The first-order chi connectivity index (χ1) is 12.8. The summed E-state index contributed by atoms with van der Waals surface area (Å²) in [6.45, 7) is 9.02. The zero-order chi connectivity index (χ0) is 19.8. The van der Waals surface area contributed by atoms with Gasteiger partial charge in [-0.05, 0) is 74.3 Å². The maximum Gasteiger partial charge on any atom is 0.221 e. The molecule has 0 atom stereocenters. The number of anilines is 2. The third-order valence-electron chi connectivity index (χ3n) is 4.12. The highest BCUT2D eigenvalue weighted by Gasteiger charge is 2.04. The van der Waals surface area contributed by atoms with Crippen LogP contribution in [0, 0.1) is 20.8 Å². The molecular weight excluding hydrogens is 358 g/mol. The Kier molecular flexibility index (Phi) is 7.61. The van der Waals surface area contributed by atoms with Gasteiger partial charge in [0.1, 0.15) is 5.75 Å². The lowest BCUT2D eigenvalue weighted by molar-refractivity contribution is -0.114. The summed E-state index contributed by atoms with van der Waals surface area (Å²) in [6, 6.07) is 11.6. The molecule has 1 amide bonds. The highest BCUT2D eigenvalue weighted by molar-refractivity contribution is 7.80. The van der Waals surface area contributed by atoms with Gasteiger partial charge in [-0.25, -0.2) is 0 Å². The van der Waals surface area contributed by atoms with Gasteiger partial charge in [0.2, 0.25) is 5.91 Å². The van der Waals surface area contributed by atoms with Crippen molar-refractivity contribution in [1.82, 2.24) is 5.32 Å². The molecule has 0 bridgehead atoms. The van der Waals surface area contributed by atoms with E-state index >= 15 is 0 Å². The topological polar surface area (TPSA) is 62.4 Å². The Bertz CT molecular complexity index is 821. The first-order valence-electron chi connectivity index (χ1n) is 8.98. The average molecular weight is 386 g/mol. The average Bonchev–Trinajstić information content (AvgIpc) is 2.59. The summed E-state index contributed by atoms with van der Waals surface area (Å²) in [5.74, 6) is 0.629. The van der Waals surface area contributed by atoms with Crippen LogP contribution in [0.2, 0.25) is 0 Å². The number of hydrogen-bond acceptors (Lipinski definition) is 3. The van der Waals surface area contributed by atoms with Crippen molar-refractivity contribution in [3.05, 3.63) is 53.1 Å². The van der Waals surface area contributed by atoms with Crippen molar-refractivity contribution in [2.75, 3.05) is 23.8 Å². The number of nitrogens with one attached hydrogen (secondary N) is 3. The quantitative estimate of drug-likeness (QED) is 0.489. The first kappa shape index (κ1) is 20.7. The van der Waals surface area contributed by atoms with Crippen molar-refractivity contribution in [3.63, 3.8) is 0 Å². The van der Waals surface area contributed by atoms with Gasteiger partial charge in [-0.1, -0.05) is 12.1 Å². The third-order valence-corrected chi connectivity index (χ3v) is 4.37. The van der Waals surface area contributed by atoms with Gasteiger partial charge in [0, 0.05) is 30.9 Å². The highest BCUT2D eigenvalue weighted by Crippen LogP contribution is 2.20. The molecule has 5 nitrogen and oxygen atoms in total. The van der Waals surface area contributed by atoms with Crippen LogP contribution in [0.15, 0.2) is 36.4 Å². The van der Waals surface area contributed by atoms with Gasteiger partial charge in [0.15, 0.2) is 5.11 Å². The van der Waals surface area contributed by atoms with Crippen LogP contribution in [0.25, 0.3) is 0 Å². The van der Waals surface area contributed by atoms with Crippen LogP contribution in [0.1, 0.15) is 30.0 Å². The molecule has 0 aliphatic rings. The molecular formula is C21H27N3O2S. The predicted octanol–water partition coefficient (Wildman–Crippen LogP) is 4.33. The van der Waals surface area contributed by atoms with Crippen molar-refractivity contribution >= 4 is 34.6 Å². The summed E-state index contributed by atoms with van der Waals surface area (Å²) in [6.07, 6.45) is 0.804. The number of aryl methyl sites for hydroxylation is 3. The van der Waals surface area contributed by atoms with Crippen molar-refractivity contribution in [2.45, 2.75) is 34.1 Å². The second-order valence-corrected chi connectivity index (χ2v) is 6.95. The number of hydrogen-bond donors (Lipinski definition) is 3. The van der Waals surface area contributed by atoms with Crippen LogP contribution in [-0.2, 0) is 4.79 Å². The molecule has 2 rings (SSSR count). The van der Waals surface area contributed by atoms with Crippen LogP contribution in [-0.4, -0.2) is 24.2 Å². The number of carbonyl (C=O) groups excluding carboxylic acids is 1. The Morgan fingerprint density at radius 1 is 1.04 bits per heavy atom. The maximum atomic E-state index is 11.1. The van der Waals surface area contributed by atoms with Crippen LogP contribution in [0.3, 0.4) is 0 Å². The molecule has 27 heavy (non-hydrogen) atoms. The number of carbonyl (C=O) groups is 1. The lowest BCUT2D eigenvalue weighted by atomic mass is 10.1. The van der Waals surface area contributed by atoms with E-state index in [-0.39, 0.29) is 5.91 Å². The van der Waals surface area contributed by atoms with Crippen LogP contribution < -0.4 is 20.7 Å². The molecule has 0 saturated carbocycles. The fourth-order valence-corrected chi connectivity index (χ4v) is 2.80. The molecule has 2 aromatic rings. The summed E-state index contributed by atoms with van der Waals surface area (Å²) in [4.78, 5) is 11.1. The molecule has 0 aromatic heterocycles. The van der Waals surface area contributed by atoms with E-state index in [0.717, 1.165) is 23.5 Å². The van der Waals surface area contributed by atoms with Crippen molar-refractivity contribution < 1.29 is 9.53 Å². The fraction of sp³-hybridized carbons (Fsp3) is 0.333. The van der Waals surface area contributed by atoms with Gasteiger partial charge >= 0.3 is 0 Å². The van der Waals surface area contributed by atoms with Gasteiger partial charge in [-0.3, -0.25) is 4.79 Å². The minimum atomic E-state index is -0.101. The van der Waals surface area contributed by atoms with Crippen molar-refractivity contribution in [3.8, 4) is 5.75 Å².